The zero-order chi connectivity index (χ0) is 14.5. The Kier molecular flexibility index (Phi) is 4.83. The van der Waals surface area contributed by atoms with Crippen LogP contribution in [0.5, 0.6) is 0 Å². The summed E-state index contributed by atoms with van der Waals surface area (Å²) in [4.78, 5) is 14.1. The Bertz CT molecular complexity index is 469. The molecule has 0 saturated heterocycles. The van der Waals surface area contributed by atoms with Gasteiger partial charge in [0.25, 0.3) is 0 Å². The van der Waals surface area contributed by atoms with Gasteiger partial charge in [-0.05, 0) is 24.3 Å². The van der Waals surface area contributed by atoms with Gasteiger partial charge in [-0.15, -0.1) is 0 Å². The molecular formula is C17H23NO2. The van der Waals surface area contributed by atoms with Gasteiger partial charge < -0.3 is 9.64 Å². The van der Waals surface area contributed by atoms with E-state index < -0.39 is 0 Å². The third kappa shape index (κ3) is 3.62. The maximum atomic E-state index is 12.3. The van der Waals surface area contributed by atoms with E-state index in [0.29, 0.717) is 18.4 Å². The van der Waals surface area contributed by atoms with E-state index in [0.717, 1.165) is 12.1 Å². The van der Waals surface area contributed by atoms with Gasteiger partial charge in [0.05, 0.1) is 6.04 Å². The maximum absolute atomic E-state index is 12.3. The molecule has 1 amide bonds. The molecule has 0 saturated carbocycles. The van der Waals surface area contributed by atoms with E-state index in [1.54, 1.807) is 0 Å². The summed E-state index contributed by atoms with van der Waals surface area (Å²) in [7, 11) is 0. The number of hydrogen-bond acceptors (Lipinski definition) is 2. The molecule has 1 heterocycles. The zero-order valence-electron chi connectivity index (χ0n) is 12.5. The lowest BCUT2D eigenvalue weighted by Crippen LogP contribution is -2.40. The molecule has 108 valence electrons. The largest absolute Gasteiger partial charge is 0.445 e. The highest BCUT2D eigenvalue weighted by atomic mass is 16.6. The van der Waals surface area contributed by atoms with Crippen LogP contribution in [0.15, 0.2) is 42.5 Å². The Labute approximate surface area is 121 Å². The highest BCUT2D eigenvalue weighted by Crippen LogP contribution is 2.21. The average Bonchev–Trinajstić information content (AvgIpc) is 2.59. The highest BCUT2D eigenvalue weighted by molar-refractivity contribution is 5.68. The third-order valence-corrected chi connectivity index (χ3v) is 4.01. The number of benzene rings is 1. The van der Waals surface area contributed by atoms with Crippen LogP contribution in [0, 0.1) is 11.8 Å². The van der Waals surface area contributed by atoms with Crippen molar-refractivity contribution in [1.82, 2.24) is 4.90 Å². The zero-order valence-corrected chi connectivity index (χ0v) is 12.5. The molecule has 0 N–H and O–H groups in total. The smallest absolute Gasteiger partial charge is 0.410 e. The summed E-state index contributed by atoms with van der Waals surface area (Å²) in [5.41, 5.74) is 1.01. The number of nitrogens with zero attached hydrogens (tertiary/aromatic N) is 1. The Morgan fingerprint density at radius 2 is 1.90 bits per heavy atom. The van der Waals surface area contributed by atoms with Gasteiger partial charge in [-0.3, -0.25) is 0 Å². The molecule has 0 fully saturated rings. The van der Waals surface area contributed by atoms with E-state index in [1.165, 1.54) is 0 Å². The molecule has 20 heavy (non-hydrogen) atoms. The molecule has 3 heteroatoms. The molecule has 0 aromatic heterocycles. The molecule has 0 aliphatic carbocycles. The Balaban J connectivity index is 1.96. The van der Waals surface area contributed by atoms with E-state index >= 15 is 0 Å². The van der Waals surface area contributed by atoms with Crippen LogP contribution in [0.3, 0.4) is 0 Å². The molecule has 3 atom stereocenters. The fourth-order valence-electron chi connectivity index (χ4n) is 2.32. The minimum Gasteiger partial charge on any atom is -0.445 e. The molecule has 1 aromatic carbocycles. The normalized spacial score (nSPS) is 26.1. The molecule has 1 aliphatic rings. The number of ether oxygens (including phenoxy) is 1. The second-order valence-electron chi connectivity index (χ2n) is 5.65. The average molecular weight is 273 g/mol. The fraction of sp³-hybridized carbons (Fsp3) is 0.471. The summed E-state index contributed by atoms with van der Waals surface area (Å²) in [6.07, 6.45) is 4.06. The van der Waals surface area contributed by atoms with Crippen LogP contribution in [-0.4, -0.2) is 23.6 Å². The van der Waals surface area contributed by atoms with Crippen LogP contribution in [0.25, 0.3) is 0 Å². The lowest BCUT2D eigenvalue weighted by atomic mass is 9.96. The van der Waals surface area contributed by atoms with Crippen molar-refractivity contribution in [2.24, 2.45) is 11.8 Å². The van der Waals surface area contributed by atoms with Crippen LogP contribution in [0.2, 0.25) is 0 Å². The first kappa shape index (κ1) is 14.6. The van der Waals surface area contributed by atoms with Crippen molar-refractivity contribution in [1.29, 1.82) is 0 Å². The second-order valence-corrected chi connectivity index (χ2v) is 5.65. The van der Waals surface area contributed by atoms with Crippen LogP contribution >= 0.6 is 0 Å². The first-order chi connectivity index (χ1) is 9.58. The van der Waals surface area contributed by atoms with E-state index in [4.69, 9.17) is 4.74 Å². The topological polar surface area (TPSA) is 29.5 Å². The molecule has 1 aromatic rings. The van der Waals surface area contributed by atoms with Crippen molar-refractivity contribution >= 4 is 6.09 Å². The van der Waals surface area contributed by atoms with Gasteiger partial charge in [0.2, 0.25) is 0 Å². The second kappa shape index (κ2) is 6.60. The molecular weight excluding hydrogens is 250 g/mol. The summed E-state index contributed by atoms with van der Waals surface area (Å²) < 4.78 is 5.43. The number of amides is 1. The number of hydrogen-bond donors (Lipinski definition) is 0. The van der Waals surface area contributed by atoms with Gasteiger partial charge in [-0.25, -0.2) is 4.79 Å². The molecule has 0 bridgehead atoms. The van der Waals surface area contributed by atoms with Crippen molar-refractivity contribution < 1.29 is 9.53 Å². The fourth-order valence-corrected chi connectivity index (χ4v) is 2.32. The minimum absolute atomic E-state index is 0.0886. The molecule has 0 radical (unpaired) electrons. The van der Waals surface area contributed by atoms with Gasteiger partial charge in [0, 0.05) is 6.54 Å². The Morgan fingerprint density at radius 3 is 2.60 bits per heavy atom. The number of allylic oxidation sites excluding steroid dienone is 1. The quantitative estimate of drug-likeness (QED) is 0.766. The molecule has 0 spiro atoms. The van der Waals surface area contributed by atoms with Crippen molar-refractivity contribution in [2.75, 3.05) is 6.54 Å². The summed E-state index contributed by atoms with van der Waals surface area (Å²) in [5.74, 6) is 0.935. The van der Waals surface area contributed by atoms with Gasteiger partial charge in [0.1, 0.15) is 6.61 Å². The van der Waals surface area contributed by atoms with Gasteiger partial charge in [-0.1, -0.05) is 56.3 Å². The lowest BCUT2D eigenvalue weighted by molar-refractivity contribution is 0.0837. The van der Waals surface area contributed by atoms with Crippen LogP contribution < -0.4 is 0 Å². The van der Waals surface area contributed by atoms with Gasteiger partial charge >= 0.3 is 6.09 Å². The van der Waals surface area contributed by atoms with Crippen LogP contribution in [-0.2, 0) is 11.3 Å². The van der Waals surface area contributed by atoms with Crippen LogP contribution in [0.1, 0.15) is 26.3 Å². The number of carbonyl (C=O) groups is 1. The predicted molar refractivity (Wildman–Crippen MR) is 80.3 cm³/mol. The van der Waals surface area contributed by atoms with Crippen molar-refractivity contribution in [3.63, 3.8) is 0 Å². The lowest BCUT2D eigenvalue weighted by Gasteiger charge is -2.28. The molecule has 2 rings (SSSR count). The third-order valence-electron chi connectivity index (χ3n) is 4.01. The van der Waals surface area contributed by atoms with Gasteiger partial charge in [-0.2, -0.15) is 0 Å². The van der Waals surface area contributed by atoms with E-state index in [1.807, 2.05) is 42.2 Å². The number of carbonyl (C=O) groups excluding carboxylic acids is 1. The first-order valence-electron chi connectivity index (χ1n) is 7.23. The van der Waals surface area contributed by atoms with Gasteiger partial charge in [0.15, 0.2) is 0 Å². The summed E-state index contributed by atoms with van der Waals surface area (Å²) in [5, 5.41) is 0. The van der Waals surface area contributed by atoms with Crippen LogP contribution in [0.4, 0.5) is 4.79 Å². The van der Waals surface area contributed by atoms with E-state index in [-0.39, 0.29) is 12.1 Å². The van der Waals surface area contributed by atoms with E-state index in [9.17, 15) is 4.79 Å². The summed E-state index contributed by atoms with van der Waals surface area (Å²) >= 11 is 0. The summed E-state index contributed by atoms with van der Waals surface area (Å²) in [6.45, 7) is 7.46. The first-order valence-corrected chi connectivity index (χ1v) is 7.23. The van der Waals surface area contributed by atoms with Crippen molar-refractivity contribution in [2.45, 2.75) is 33.4 Å². The predicted octanol–water partition coefficient (Wildman–Crippen LogP) is 3.86. The SMILES string of the molecule is C[C@H]1C=C[C@H](C)N(C(=O)OCc2ccccc2)C[C@@H]1C. The Morgan fingerprint density at radius 1 is 1.20 bits per heavy atom. The standard InChI is InChI=1S/C17H23NO2/c1-13-9-10-15(3)18(11-14(13)2)17(19)20-12-16-7-5-4-6-8-16/h4-10,13-15H,11-12H2,1-3H3/t13-,14-,15-/m0/s1. The monoisotopic (exact) mass is 273 g/mol. The maximum Gasteiger partial charge on any atom is 0.410 e. The van der Waals surface area contributed by atoms with Crippen molar-refractivity contribution in [3.8, 4) is 0 Å². The highest BCUT2D eigenvalue weighted by Gasteiger charge is 2.26. The van der Waals surface area contributed by atoms with Crippen molar-refractivity contribution in [3.05, 3.63) is 48.0 Å². The molecule has 1 aliphatic heterocycles. The molecule has 0 unspecified atom stereocenters. The molecule has 3 nitrogen and oxygen atoms in total. The minimum atomic E-state index is -0.230. The summed E-state index contributed by atoms with van der Waals surface area (Å²) in [6, 6.07) is 9.86. The van der Waals surface area contributed by atoms with E-state index in [2.05, 4.69) is 26.0 Å². The Hall–Kier alpha value is -1.77. The number of rotatable bonds is 2.